The number of hydrogen-bond donors (Lipinski definition) is 0. The van der Waals surface area contributed by atoms with E-state index in [4.69, 9.17) is 11.2 Å². The van der Waals surface area contributed by atoms with Gasteiger partial charge >= 0.3 is 0 Å². The normalized spacial score (nSPS) is 11.5. The first-order valence-electron chi connectivity index (χ1n) is 8.12. The zero-order chi connectivity index (χ0) is 18.5. The van der Waals surface area contributed by atoms with Crippen LogP contribution in [0.3, 0.4) is 0 Å². The fourth-order valence-corrected chi connectivity index (χ4v) is 3.64. The topological polar surface area (TPSA) is 43.6 Å². The molecule has 1 heterocycles. The lowest BCUT2D eigenvalue weighted by atomic mass is 10.1. The second kappa shape index (κ2) is 7.98. The van der Waals surface area contributed by atoms with Crippen LogP contribution in [0.25, 0.3) is 10.2 Å². The van der Waals surface area contributed by atoms with E-state index in [9.17, 15) is 9.18 Å². The van der Waals surface area contributed by atoms with Crippen LogP contribution in [0.5, 0.6) is 5.75 Å². The van der Waals surface area contributed by atoms with E-state index < -0.39 is 0 Å². The summed E-state index contributed by atoms with van der Waals surface area (Å²) in [6.07, 6.45) is 5.60. The van der Waals surface area contributed by atoms with Crippen LogP contribution in [0.2, 0.25) is 0 Å². The maximum atomic E-state index is 13.5. The van der Waals surface area contributed by atoms with E-state index in [-0.39, 0.29) is 24.7 Å². The molecule has 0 bridgehead atoms. The minimum atomic E-state index is -0.334. The van der Waals surface area contributed by atoms with Crippen LogP contribution in [-0.2, 0) is 17.8 Å². The molecule has 0 atom stereocenters. The van der Waals surface area contributed by atoms with Crippen LogP contribution < -0.4 is 9.54 Å². The van der Waals surface area contributed by atoms with E-state index in [0.29, 0.717) is 16.1 Å². The smallest absolute Gasteiger partial charge is 0.252 e. The van der Waals surface area contributed by atoms with Crippen molar-refractivity contribution in [2.24, 2.45) is 4.99 Å². The molecule has 26 heavy (non-hydrogen) atoms. The lowest BCUT2D eigenvalue weighted by molar-refractivity contribution is -0.117. The third kappa shape index (κ3) is 4.01. The highest BCUT2D eigenvalue weighted by molar-refractivity contribution is 7.16. The maximum Gasteiger partial charge on any atom is 0.252 e. The Morgan fingerprint density at radius 2 is 2.08 bits per heavy atom. The van der Waals surface area contributed by atoms with E-state index in [2.05, 4.69) is 10.9 Å². The van der Waals surface area contributed by atoms with E-state index in [1.807, 2.05) is 31.2 Å². The molecule has 0 aliphatic heterocycles. The number of hydrogen-bond acceptors (Lipinski definition) is 3. The second-order valence-corrected chi connectivity index (χ2v) is 6.56. The molecular formula is C20H17FN2O2S. The number of amides is 1. The number of carbonyl (C=O) groups is 1. The van der Waals surface area contributed by atoms with Crippen LogP contribution in [-0.4, -0.2) is 17.1 Å². The molecule has 0 aliphatic rings. The summed E-state index contributed by atoms with van der Waals surface area (Å²) in [5, 5.41) is 0. The van der Waals surface area contributed by atoms with E-state index in [1.165, 1.54) is 23.5 Å². The minimum absolute atomic E-state index is 0.172. The van der Waals surface area contributed by atoms with Gasteiger partial charge in [0.15, 0.2) is 4.80 Å². The summed E-state index contributed by atoms with van der Waals surface area (Å²) >= 11 is 1.25. The summed E-state index contributed by atoms with van der Waals surface area (Å²) in [4.78, 5) is 17.0. The van der Waals surface area contributed by atoms with E-state index >= 15 is 0 Å². The number of fused-ring (bicyclic) bond motifs is 1. The van der Waals surface area contributed by atoms with Gasteiger partial charge < -0.3 is 9.30 Å². The van der Waals surface area contributed by atoms with Crippen LogP contribution in [0.1, 0.15) is 12.5 Å². The van der Waals surface area contributed by atoms with Crippen LogP contribution >= 0.6 is 11.3 Å². The summed E-state index contributed by atoms with van der Waals surface area (Å²) in [5.41, 5.74) is 1.61. The Hall–Kier alpha value is -2.91. The first-order chi connectivity index (χ1) is 12.6. The number of benzene rings is 2. The Morgan fingerprint density at radius 3 is 2.77 bits per heavy atom. The molecule has 0 radical (unpaired) electrons. The minimum Gasteiger partial charge on any atom is -0.494 e. The predicted molar refractivity (Wildman–Crippen MR) is 100 cm³/mol. The van der Waals surface area contributed by atoms with Crippen molar-refractivity contribution in [1.29, 1.82) is 0 Å². The van der Waals surface area contributed by atoms with Gasteiger partial charge in [-0.05, 0) is 42.8 Å². The summed E-state index contributed by atoms with van der Waals surface area (Å²) in [5.74, 6) is 2.69. The molecule has 0 fully saturated rings. The van der Waals surface area contributed by atoms with Crippen molar-refractivity contribution < 1.29 is 13.9 Å². The predicted octanol–water partition coefficient (Wildman–Crippen LogP) is 3.54. The average Bonchev–Trinajstić information content (AvgIpc) is 2.93. The molecule has 1 aromatic heterocycles. The van der Waals surface area contributed by atoms with Gasteiger partial charge in [0.05, 0.1) is 29.8 Å². The Kier molecular flexibility index (Phi) is 5.49. The monoisotopic (exact) mass is 368 g/mol. The molecular weight excluding hydrogens is 351 g/mol. The SMILES string of the molecule is C#CCn1c(=NC(=O)Cc2ccc(OCC)cc2)sc2cc(F)ccc21. The van der Waals surface area contributed by atoms with Crippen molar-refractivity contribution in [1.82, 2.24) is 4.57 Å². The molecule has 0 N–H and O–H groups in total. The van der Waals surface area contributed by atoms with Gasteiger partial charge in [-0.1, -0.05) is 29.4 Å². The number of terminal acetylenes is 1. The number of aromatic nitrogens is 1. The first-order valence-corrected chi connectivity index (χ1v) is 8.94. The van der Waals surface area contributed by atoms with Crippen molar-refractivity contribution >= 4 is 27.5 Å². The highest BCUT2D eigenvalue weighted by Gasteiger charge is 2.09. The molecule has 0 saturated carbocycles. The molecule has 2 aromatic carbocycles. The van der Waals surface area contributed by atoms with Crippen molar-refractivity contribution in [3.8, 4) is 18.1 Å². The fourth-order valence-electron chi connectivity index (χ4n) is 2.57. The van der Waals surface area contributed by atoms with Crippen molar-refractivity contribution in [2.75, 3.05) is 6.61 Å². The average molecular weight is 368 g/mol. The van der Waals surface area contributed by atoms with Gasteiger partial charge in [-0.3, -0.25) is 4.79 Å². The Balaban J connectivity index is 1.89. The van der Waals surface area contributed by atoms with Gasteiger partial charge in [0.1, 0.15) is 11.6 Å². The summed E-state index contributed by atoms with van der Waals surface area (Å²) in [6, 6.07) is 11.8. The van der Waals surface area contributed by atoms with Gasteiger partial charge in [-0.25, -0.2) is 4.39 Å². The van der Waals surface area contributed by atoms with Gasteiger partial charge in [-0.2, -0.15) is 4.99 Å². The van der Waals surface area contributed by atoms with Gasteiger partial charge in [0.25, 0.3) is 5.91 Å². The Bertz CT molecular complexity index is 1040. The van der Waals surface area contributed by atoms with E-state index in [1.54, 1.807) is 10.6 Å². The second-order valence-electron chi connectivity index (χ2n) is 5.55. The van der Waals surface area contributed by atoms with Crippen molar-refractivity contribution in [2.45, 2.75) is 19.9 Å². The number of carbonyl (C=O) groups excluding carboxylic acids is 1. The number of thiazole rings is 1. The molecule has 6 heteroatoms. The molecule has 3 rings (SSSR count). The zero-order valence-corrected chi connectivity index (χ0v) is 15.1. The molecule has 0 spiro atoms. The number of rotatable bonds is 5. The zero-order valence-electron chi connectivity index (χ0n) is 14.2. The standard InChI is InChI=1S/C20H17FN2O2S/c1-3-11-23-17-10-7-15(21)13-18(17)26-20(23)22-19(24)12-14-5-8-16(9-6-14)25-4-2/h1,5-10,13H,4,11-12H2,2H3. The number of ether oxygens (including phenoxy) is 1. The number of halogens is 1. The molecule has 4 nitrogen and oxygen atoms in total. The molecule has 3 aromatic rings. The Morgan fingerprint density at radius 1 is 1.31 bits per heavy atom. The maximum absolute atomic E-state index is 13.5. The highest BCUT2D eigenvalue weighted by Crippen LogP contribution is 2.18. The summed E-state index contributed by atoms with van der Waals surface area (Å²) < 4.78 is 21.3. The van der Waals surface area contributed by atoms with Crippen molar-refractivity contribution in [3.63, 3.8) is 0 Å². The molecule has 0 saturated heterocycles. The van der Waals surface area contributed by atoms with Gasteiger partial charge in [0, 0.05) is 0 Å². The third-order valence-electron chi connectivity index (χ3n) is 3.70. The van der Waals surface area contributed by atoms with Crippen molar-refractivity contribution in [3.05, 3.63) is 58.6 Å². The summed E-state index contributed by atoms with van der Waals surface area (Å²) in [7, 11) is 0. The van der Waals surface area contributed by atoms with E-state index in [0.717, 1.165) is 16.8 Å². The van der Waals surface area contributed by atoms with Gasteiger partial charge in [-0.15, -0.1) is 6.42 Å². The van der Waals surface area contributed by atoms with Crippen LogP contribution in [0.15, 0.2) is 47.5 Å². The van der Waals surface area contributed by atoms with Crippen LogP contribution in [0.4, 0.5) is 4.39 Å². The molecule has 0 aliphatic carbocycles. The quantitative estimate of drug-likeness (QED) is 0.647. The van der Waals surface area contributed by atoms with Crippen LogP contribution in [0, 0.1) is 18.2 Å². The molecule has 1 amide bonds. The van der Waals surface area contributed by atoms with Gasteiger partial charge in [0.2, 0.25) is 0 Å². The molecule has 132 valence electrons. The first kappa shape index (κ1) is 17.9. The lowest BCUT2D eigenvalue weighted by Gasteiger charge is -2.03. The summed E-state index contributed by atoms with van der Waals surface area (Å²) in [6.45, 7) is 2.77. The largest absolute Gasteiger partial charge is 0.494 e. The Labute approximate surface area is 154 Å². The lowest BCUT2D eigenvalue weighted by Crippen LogP contribution is -2.17. The molecule has 0 unspecified atom stereocenters. The number of nitrogens with zero attached hydrogens (tertiary/aromatic N) is 2. The third-order valence-corrected chi connectivity index (χ3v) is 4.75. The fraction of sp³-hybridized carbons (Fsp3) is 0.200. The highest BCUT2D eigenvalue weighted by atomic mass is 32.1.